The summed E-state index contributed by atoms with van der Waals surface area (Å²) < 4.78 is 69.1. The van der Waals surface area contributed by atoms with Gasteiger partial charge in [-0.1, -0.05) is 446 Å². The lowest BCUT2D eigenvalue weighted by molar-refractivity contribution is -0.161. The number of hydrogen-bond donors (Lipinski definition) is 3. The summed E-state index contributed by atoms with van der Waals surface area (Å²) in [5.41, 5.74) is 0. The third-order valence-electron chi connectivity index (χ3n) is 22.1. The van der Waals surface area contributed by atoms with Gasteiger partial charge in [-0.2, -0.15) is 0 Å². The van der Waals surface area contributed by atoms with E-state index in [1.54, 1.807) is 0 Å². The summed E-state index contributed by atoms with van der Waals surface area (Å²) in [5.74, 6) is -0.414. The number of rotatable bonds is 91. The van der Waals surface area contributed by atoms with Crippen molar-refractivity contribution in [3.05, 3.63) is 0 Å². The van der Waals surface area contributed by atoms with E-state index in [1.165, 1.54) is 315 Å². The number of phosphoric ester groups is 2. The highest BCUT2D eigenvalue weighted by Gasteiger charge is 2.31. The average molecular weight is 1620 g/mol. The van der Waals surface area contributed by atoms with Crippen molar-refractivity contribution in [2.24, 2.45) is 11.8 Å². The van der Waals surface area contributed by atoms with Gasteiger partial charge in [0.05, 0.1) is 26.4 Å². The molecule has 0 aromatic carbocycles. The van der Waals surface area contributed by atoms with Crippen molar-refractivity contribution in [2.45, 2.75) is 516 Å². The number of carbonyl (C=O) groups excluding carboxylic acids is 4. The van der Waals surface area contributed by atoms with Gasteiger partial charge in [-0.05, 0) is 37.5 Å². The van der Waals surface area contributed by atoms with Crippen molar-refractivity contribution < 1.29 is 80.2 Å². The molecule has 0 aliphatic rings. The van der Waals surface area contributed by atoms with Crippen LogP contribution in [-0.4, -0.2) is 96.7 Å². The van der Waals surface area contributed by atoms with Crippen LogP contribution < -0.4 is 0 Å². The number of unbranched alkanes of at least 4 members (excludes halogenated alkanes) is 60. The molecule has 17 nitrogen and oxygen atoms in total. The van der Waals surface area contributed by atoms with Gasteiger partial charge in [0.15, 0.2) is 12.2 Å². The number of esters is 4. The third-order valence-corrected chi connectivity index (χ3v) is 24.0. The predicted molar refractivity (Wildman–Crippen MR) is 460 cm³/mol. The molecule has 0 spiro atoms. The first-order valence-electron chi connectivity index (χ1n) is 47.5. The molecule has 660 valence electrons. The smallest absolute Gasteiger partial charge is 0.462 e. The van der Waals surface area contributed by atoms with Crippen molar-refractivity contribution >= 4 is 39.5 Å². The number of aliphatic hydroxyl groups excluding tert-OH is 1. The molecule has 0 aromatic rings. The molecule has 0 aliphatic heterocycles. The molecule has 0 aromatic heterocycles. The number of carbonyl (C=O) groups is 4. The Morgan fingerprint density at radius 1 is 0.261 bits per heavy atom. The van der Waals surface area contributed by atoms with Crippen molar-refractivity contribution in [1.82, 2.24) is 0 Å². The van der Waals surface area contributed by atoms with Gasteiger partial charge in [-0.25, -0.2) is 9.13 Å². The van der Waals surface area contributed by atoms with Crippen LogP contribution in [0.5, 0.6) is 0 Å². The van der Waals surface area contributed by atoms with Crippen molar-refractivity contribution in [3.8, 4) is 0 Å². The summed E-state index contributed by atoms with van der Waals surface area (Å²) in [5, 5.41) is 10.7. The third kappa shape index (κ3) is 84.3. The minimum absolute atomic E-state index is 0.108. The second-order valence-corrected chi connectivity index (χ2v) is 36.7. The van der Waals surface area contributed by atoms with Crippen LogP contribution in [0.1, 0.15) is 497 Å². The van der Waals surface area contributed by atoms with Crippen LogP contribution in [0.15, 0.2) is 0 Å². The topological polar surface area (TPSA) is 237 Å². The maximum atomic E-state index is 13.2. The molecule has 0 rings (SSSR count). The van der Waals surface area contributed by atoms with E-state index in [0.717, 1.165) is 102 Å². The van der Waals surface area contributed by atoms with E-state index in [-0.39, 0.29) is 25.7 Å². The van der Waals surface area contributed by atoms with Gasteiger partial charge in [0.25, 0.3) is 0 Å². The molecule has 0 bridgehead atoms. The van der Waals surface area contributed by atoms with Gasteiger partial charge < -0.3 is 33.8 Å². The van der Waals surface area contributed by atoms with Crippen molar-refractivity contribution in [2.75, 3.05) is 39.6 Å². The van der Waals surface area contributed by atoms with Gasteiger partial charge in [0, 0.05) is 25.7 Å². The summed E-state index contributed by atoms with van der Waals surface area (Å²) in [7, 11) is -9.93. The summed E-state index contributed by atoms with van der Waals surface area (Å²) in [6, 6.07) is 0. The van der Waals surface area contributed by atoms with Crippen LogP contribution in [0.3, 0.4) is 0 Å². The molecule has 3 N–H and O–H groups in total. The van der Waals surface area contributed by atoms with Gasteiger partial charge in [-0.3, -0.25) is 37.3 Å². The first-order chi connectivity index (χ1) is 53.9. The Hall–Kier alpha value is -1.94. The zero-order valence-corrected chi connectivity index (χ0v) is 75.1. The van der Waals surface area contributed by atoms with Gasteiger partial charge >= 0.3 is 39.5 Å². The molecular formula is C92H180O17P2. The molecule has 6 atom stereocenters. The van der Waals surface area contributed by atoms with E-state index in [9.17, 15) is 43.2 Å². The van der Waals surface area contributed by atoms with Crippen LogP contribution in [0.4, 0.5) is 0 Å². The van der Waals surface area contributed by atoms with E-state index < -0.39 is 97.5 Å². The van der Waals surface area contributed by atoms with Crippen LogP contribution in [0.2, 0.25) is 0 Å². The fourth-order valence-electron chi connectivity index (χ4n) is 14.4. The van der Waals surface area contributed by atoms with E-state index in [4.69, 9.17) is 37.0 Å². The largest absolute Gasteiger partial charge is 0.472 e. The van der Waals surface area contributed by atoms with E-state index in [2.05, 4.69) is 41.5 Å². The maximum absolute atomic E-state index is 13.2. The van der Waals surface area contributed by atoms with Crippen LogP contribution >= 0.6 is 15.6 Å². The molecule has 0 saturated carbocycles. The minimum atomic E-state index is -4.97. The number of hydrogen-bond acceptors (Lipinski definition) is 15. The molecule has 19 heteroatoms. The van der Waals surface area contributed by atoms with Crippen molar-refractivity contribution in [1.29, 1.82) is 0 Å². The Morgan fingerprint density at radius 2 is 0.459 bits per heavy atom. The Balaban J connectivity index is 5.21. The quantitative estimate of drug-likeness (QED) is 0.0222. The summed E-state index contributed by atoms with van der Waals surface area (Å²) in [6.07, 6.45) is 77.8. The zero-order chi connectivity index (χ0) is 81.3. The molecule has 0 radical (unpaired) electrons. The van der Waals surface area contributed by atoms with Crippen LogP contribution in [0, 0.1) is 11.8 Å². The maximum Gasteiger partial charge on any atom is 0.472 e. The number of phosphoric acid groups is 2. The Kier molecular flexibility index (Phi) is 81.7. The monoisotopic (exact) mass is 1620 g/mol. The molecule has 3 unspecified atom stereocenters. The van der Waals surface area contributed by atoms with Crippen LogP contribution in [0.25, 0.3) is 0 Å². The Morgan fingerprint density at radius 3 is 0.685 bits per heavy atom. The summed E-state index contributed by atoms with van der Waals surface area (Å²) in [6.45, 7) is 9.80. The van der Waals surface area contributed by atoms with E-state index in [0.29, 0.717) is 25.7 Å². The first kappa shape index (κ1) is 109. The number of aliphatic hydroxyl groups is 1. The molecule has 0 aliphatic carbocycles. The summed E-state index contributed by atoms with van der Waals surface area (Å²) >= 11 is 0. The lowest BCUT2D eigenvalue weighted by Crippen LogP contribution is -2.30. The Labute approximate surface area is 683 Å². The molecular weight excluding hydrogens is 1440 g/mol. The second kappa shape index (κ2) is 83.1. The highest BCUT2D eigenvalue weighted by Crippen LogP contribution is 2.45. The minimum Gasteiger partial charge on any atom is -0.462 e. The fraction of sp³-hybridized carbons (Fsp3) is 0.957. The average Bonchev–Trinajstić information content (AvgIpc) is 0.898. The fourth-order valence-corrected chi connectivity index (χ4v) is 16.0. The van der Waals surface area contributed by atoms with Crippen molar-refractivity contribution in [3.63, 3.8) is 0 Å². The molecule has 111 heavy (non-hydrogen) atoms. The first-order valence-corrected chi connectivity index (χ1v) is 50.5. The normalized spacial score (nSPS) is 14.0. The van der Waals surface area contributed by atoms with E-state index >= 15 is 0 Å². The highest BCUT2D eigenvalue weighted by molar-refractivity contribution is 7.47. The van der Waals surface area contributed by atoms with Gasteiger partial charge in [-0.15, -0.1) is 0 Å². The second-order valence-electron chi connectivity index (χ2n) is 33.8. The molecule has 0 fully saturated rings. The molecule has 0 heterocycles. The SMILES string of the molecule is CCCCCCCCCCCCCCCCCCCCCCC(=O)OC[C@H](COP(=O)(O)OC[C@@H](O)COP(=O)(O)OC[C@@H](COC(=O)CCCCCCCCCCCC)OC(=O)CCCCCCCCCCCCCCCCCCC(C)C)OC(=O)CCCCCCCCCCCCCCCCCCCCC(C)CC. The van der Waals surface area contributed by atoms with Gasteiger partial charge in [0.1, 0.15) is 19.3 Å². The predicted octanol–water partition coefficient (Wildman–Crippen LogP) is 28.6. The standard InChI is InChI=1S/C92H180O17P2/c1-7-10-12-14-16-18-20-21-22-23-24-25-29-35-40-45-51-57-63-69-75-90(95)103-81-88(109-92(97)76-70-64-58-52-46-41-36-30-27-26-28-34-39-44-49-55-61-67-73-85(6)9-3)83-107-111(100,101)105-79-86(93)78-104-110(98,99)106-82-87(80-102-89(94)74-68-62-56-50-19-17-15-13-11-8-2)108-91(96)77-71-65-59-53-47-42-37-32-31-33-38-43-48-54-60-66-72-84(4)5/h84-88,93H,7-83H2,1-6H3,(H,98,99)(H,100,101)/t85?,86-,87+,88+/m0/s1. The zero-order valence-electron chi connectivity index (χ0n) is 73.3. The lowest BCUT2D eigenvalue weighted by atomic mass is 9.99. The van der Waals surface area contributed by atoms with Crippen LogP contribution in [-0.2, 0) is 65.4 Å². The summed E-state index contributed by atoms with van der Waals surface area (Å²) in [4.78, 5) is 73.4. The lowest BCUT2D eigenvalue weighted by Gasteiger charge is -2.21. The van der Waals surface area contributed by atoms with Gasteiger partial charge in [0.2, 0.25) is 0 Å². The number of ether oxygens (including phenoxy) is 4. The molecule has 0 amide bonds. The Bertz CT molecular complexity index is 2120. The molecule has 0 saturated heterocycles. The van der Waals surface area contributed by atoms with E-state index in [1.807, 2.05) is 0 Å². The highest BCUT2D eigenvalue weighted by atomic mass is 31.2.